The first-order valence-corrected chi connectivity index (χ1v) is 17.5. The average molecular weight is 680 g/mol. The molecule has 0 saturated heterocycles. The van der Waals surface area contributed by atoms with E-state index in [4.69, 9.17) is 28.1 Å². The van der Waals surface area contributed by atoms with Crippen molar-refractivity contribution in [2.75, 3.05) is 26.4 Å². The fourth-order valence-corrected chi connectivity index (χ4v) is 5.65. The number of hydrogen-bond acceptors (Lipinski definition) is 5. The molecule has 0 atom stereocenters. The van der Waals surface area contributed by atoms with Crippen LogP contribution in [0.25, 0.3) is 39.9 Å². The lowest BCUT2D eigenvalue weighted by atomic mass is 10.00. The topological polar surface area (TPSA) is 57.5 Å². The lowest BCUT2D eigenvalue weighted by molar-refractivity contribution is 0.340. The van der Waals surface area contributed by atoms with Crippen molar-refractivity contribution in [2.24, 2.45) is 0 Å². The maximum absolute atomic E-state index is 6.45. The smallest absolute Gasteiger partial charge is 0.361 e. The molecule has 0 saturated carbocycles. The van der Waals surface area contributed by atoms with E-state index in [1.54, 1.807) is 0 Å². The van der Waals surface area contributed by atoms with Crippen LogP contribution in [0.1, 0.15) is 44.6 Å². The lowest BCUT2D eigenvalue weighted by Gasteiger charge is -2.18. The standard InChI is InChI=1S/C45H43O6/c1-5-46-38-20-12-32(13-21-38)36-28-42(50-44(30-36)34-16-24-40(25-17-34)48-7-3)10-9-11-43-29-37(33-14-22-39(23-15-33)47-6-2)31-45(51-43)35-18-26-41(27-19-35)49-8-4/h9-31H,5-8H2,1-4H3/q+1. The Kier molecular flexibility index (Phi) is 11.7. The molecule has 6 nitrogen and oxygen atoms in total. The van der Waals surface area contributed by atoms with E-state index in [-0.39, 0.29) is 0 Å². The monoisotopic (exact) mass is 679 g/mol. The average Bonchev–Trinajstić information content (AvgIpc) is 3.16. The minimum Gasteiger partial charge on any atom is -0.494 e. The molecule has 0 aliphatic carbocycles. The van der Waals surface area contributed by atoms with Gasteiger partial charge in [-0.2, -0.15) is 0 Å². The van der Waals surface area contributed by atoms with E-state index in [9.17, 15) is 0 Å². The molecule has 51 heavy (non-hydrogen) atoms. The van der Waals surface area contributed by atoms with Crippen molar-refractivity contribution < 1.29 is 28.1 Å². The molecular weight excluding hydrogens is 636 g/mol. The highest BCUT2D eigenvalue weighted by molar-refractivity contribution is 5.86. The summed E-state index contributed by atoms with van der Waals surface area (Å²) in [6.45, 7) is 10.4. The van der Waals surface area contributed by atoms with Crippen molar-refractivity contribution in [2.45, 2.75) is 27.7 Å². The Morgan fingerprint density at radius 3 is 1.49 bits per heavy atom. The van der Waals surface area contributed by atoms with Crippen LogP contribution in [0, 0.1) is 0 Å². The van der Waals surface area contributed by atoms with E-state index in [0.29, 0.717) is 37.9 Å². The van der Waals surface area contributed by atoms with Crippen LogP contribution in [0.3, 0.4) is 0 Å². The third kappa shape index (κ3) is 9.17. The normalized spacial score (nSPS) is 13.4. The highest BCUT2D eigenvalue weighted by atomic mass is 16.5. The van der Waals surface area contributed by atoms with Crippen molar-refractivity contribution in [1.82, 2.24) is 0 Å². The molecule has 1 aromatic heterocycles. The van der Waals surface area contributed by atoms with Gasteiger partial charge in [-0.3, -0.25) is 0 Å². The van der Waals surface area contributed by atoms with E-state index < -0.39 is 0 Å². The van der Waals surface area contributed by atoms with E-state index in [2.05, 4.69) is 36.4 Å². The number of rotatable bonds is 14. The maximum atomic E-state index is 6.45. The molecule has 258 valence electrons. The fraction of sp³-hybridized carbons (Fsp3) is 0.178. The molecular formula is C45H43O6+. The summed E-state index contributed by atoms with van der Waals surface area (Å²) in [6, 6.07) is 36.2. The zero-order chi connectivity index (χ0) is 35.4. The highest BCUT2D eigenvalue weighted by Crippen LogP contribution is 2.34. The van der Waals surface area contributed by atoms with Crippen LogP contribution in [0.15, 0.2) is 144 Å². The van der Waals surface area contributed by atoms with E-state index in [1.165, 1.54) is 0 Å². The second kappa shape index (κ2) is 17.1. The predicted octanol–water partition coefficient (Wildman–Crippen LogP) is 11.5. The van der Waals surface area contributed by atoms with E-state index in [0.717, 1.165) is 67.9 Å². The minimum atomic E-state index is 0.611. The summed E-state index contributed by atoms with van der Waals surface area (Å²) in [6.07, 6.45) is 9.95. The van der Waals surface area contributed by atoms with Crippen molar-refractivity contribution in [1.29, 1.82) is 0 Å². The van der Waals surface area contributed by atoms with Gasteiger partial charge in [-0.05, 0) is 141 Å². The summed E-state index contributed by atoms with van der Waals surface area (Å²) in [5, 5.41) is 0. The van der Waals surface area contributed by atoms with Crippen LogP contribution in [0.4, 0.5) is 0 Å². The Bertz CT molecular complexity index is 1950. The van der Waals surface area contributed by atoms with Crippen molar-refractivity contribution >= 4 is 17.4 Å². The number of ether oxygens (including phenoxy) is 5. The summed E-state index contributed by atoms with van der Waals surface area (Å²) in [7, 11) is 0. The van der Waals surface area contributed by atoms with Gasteiger partial charge in [-0.1, -0.05) is 24.3 Å². The summed E-state index contributed by atoms with van der Waals surface area (Å²) < 4.78 is 35.6. The third-order valence-electron chi connectivity index (χ3n) is 8.04. The van der Waals surface area contributed by atoms with Gasteiger partial charge < -0.3 is 23.7 Å². The minimum absolute atomic E-state index is 0.611. The lowest BCUT2D eigenvalue weighted by Crippen LogP contribution is -2.00. The molecule has 2 heterocycles. The van der Waals surface area contributed by atoms with Gasteiger partial charge in [0.05, 0.1) is 44.1 Å². The number of benzene rings is 4. The summed E-state index contributed by atoms with van der Waals surface area (Å²) in [4.78, 5) is 0. The first-order valence-electron chi connectivity index (χ1n) is 17.5. The van der Waals surface area contributed by atoms with Gasteiger partial charge in [0.25, 0.3) is 0 Å². The Labute approximate surface area is 300 Å². The summed E-state index contributed by atoms with van der Waals surface area (Å²) in [5.74, 6) is 6.17. The molecule has 4 aromatic carbocycles. The SMILES string of the molecule is CCOc1ccc(C2=C/C(=C\C=C\c3cc(-c4ccc(OCC)cc4)cc(-c4ccc(OCC)cc4)[o+]3)OC(c3ccc(OCC)cc3)=C2)cc1. The summed E-state index contributed by atoms with van der Waals surface area (Å²) >= 11 is 0. The third-order valence-corrected chi connectivity index (χ3v) is 8.04. The molecule has 0 bridgehead atoms. The van der Waals surface area contributed by atoms with Crippen molar-refractivity contribution in [3.8, 4) is 45.4 Å². The Morgan fingerprint density at radius 2 is 0.980 bits per heavy atom. The molecule has 0 amide bonds. The Morgan fingerprint density at radius 1 is 0.510 bits per heavy atom. The Hall–Kier alpha value is -6.01. The van der Waals surface area contributed by atoms with Gasteiger partial charge >= 0.3 is 11.5 Å². The molecule has 6 heteroatoms. The molecule has 0 fully saturated rings. The second-order valence-electron chi connectivity index (χ2n) is 11.6. The van der Waals surface area contributed by atoms with Crippen LogP contribution >= 0.6 is 0 Å². The molecule has 0 N–H and O–H groups in total. The maximum Gasteiger partial charge on any atom is 0.361 e. The molecule has 0 unspecified atom stereocenters. The van der Waals surface area contributed by atoms with Crippen LogP contribution in [0.5, 0.6) is 23.0 Å². The number of hydrogen-bond donors (Lipinski definition) is 0. The largest absolute Gasteiger partial charge is 0.494 e. The van der Waals surface area contributed by atoms with Crippen LogP contribution in [-0.2, 0) is 4.74 Å². The molecule has 5 aromatic rings. The van der Waals surface area contributed by atoms with Gasteiger partial charge in [-0.25, -0.2) is 4.42 Å². The van der Waals surface area contributed by atoms with Gasteiger partial charge in [-0.15, -0.1) is 0 Å². The first kappa shape index (κ1) is 34.8. The van der Waals surface area contributed by atoms with E-state index in [1.807, 2.05) is 131 Å². The van der Waals surface area contributed by atoms with Crippen molar-refractivity contribution in [3.05, 3.63) is 156 Å². The van der Waals surface area contributed by atoms with E-state index >= 15 is 0 Å². The van der Waals surface area contributed by atoms with Gasteiger partial charge in [0, 0.05) is 17.2 Å². The molecule has 1 aliphatic heterocycles. The zero-order valence-electron chi connectivity index (χ0n) is 29.6. The number of allylic oxidation sites excluding steroid dienone is 5. The van der Waals surface area contributed by atoms with Crippen LogP contribution in [0.2, 0.25) is 0 Å². The quantitative estimate of drug-likeness (QED) is 0.109. The van der Waals surface area contributed by atoms with Gasteiger partial charge in [0.15, 0.2) is 0 Å². The molecule has 6 rings (SSSR count). The first-order chi connectivity index (χ1) is 25.0. The zero-order valence-corrected chi connectivity index (χ0v) is 29.6. The second-order valence-corrected chi connectivity index (χ2v) is 11.6. The van der Waals surface area contributed by atoms with Crippen LogP contribution < -0.4 is 18.9 Å². The Balaban J connectivity index is 1.34. The van der Waals surface area contributed by atoms with Gasteiger partial charge in [0.2, 0.25) is 0 Å². The van der Waals surface area contributed by atoms with Gasteiger partial charge in [0.1, 0.15) is 34.5 Å². The van der Waals surface area contributed by atoms with Crippen LogP contribution in [-0.4, -0.2) is 26.4 Å². The fourth-order valence-electron chi connectivity index (χ4n) is 5.65. The molecule has 0 radical (unpaired) electrons. The predicted molar refractivity (Wildman–Crippen MR) is 206 cm³/mol. The van der Waals surface area contributed by atoms with Crippen molar-refractivity contribution in [3.63, 3.8) is 0 Å². The molecule has 0 spiro atoms. The summed E-state index contributed by atoms with van der Waals surface area (Å²) in [5.41, 5.74) is 6.04. The highest BCUT2D eigenvalue weighted by Gasteiger charge is 2.19. The molecule has 1 aliphatic rings.